The van der Waals surface area contributed by atoms with E-state index >= 15 is 0 Å². The Bertz CT molecular complexity index is 153. The number of carbonyl (C=O) groups is 1. The number of rotatable bonds is 2. The SMILES string of the molecule is O=C(Cl)C(F)(F)C(F)(F)I. The average Bonchev–Trinajstić information content (AvgIpc) is 1.62. The summed E-state index contributed by atoms with van der Waals surface area (Å²) in [5, 5.41) is -2.35. The first-order chi connectivity index (χ1) is 4.19. The van der Waals surface area contributed by atoms with Crippen molar-refractivity contribution in [2.24, 2.45) is 0 Å². The van der Waals surface area contributed by atoms with Gasteiger partial charge in [0.15, 0.2) is 0 Å². The molecular formula is C3ClF4IO. The molecule has 10 heavy (non-hydrogen) atoms. The van der Waals surface area contributed by atoms with Crippen LogP contribution >= 0.6 is 34.2 Å². The van der Waals surface area contributed by atoms with Crippen molar-refractivity contribution in [1.82, 2.24) is 0 Å². The summed E-state index contributed by atoms with van der Waals surface area (Å²) in [7, 11) is 0. The van der Waals surface area contributed by atoms with Crippen molar-refractivity contribution in [2.45, 2.75) is 9.85 Å². The Hall–Kier alpha value is 0.410. The van der Waals surface area contributed by atoms with Crippen molar-refractivity contribution in [1.29, 1.82) is 0 Å². The van der Waals surface area contributed by atoms with E-state index in [1.54, 1.807) is 0 Å². The highest BCUT2D eigenvalue weighted by atomic mass is 127. The number of halogens is 6. The maximum Gasteiger partial charge on any atom is 0.391 e. The van der Waals surface area contributed by atoms with E-state index in [0.717, 1.165) is 0 Å². The molecule has 0 aromatic rings. The lowest BCUT2D eigenvalue weighted by Crippen LogP contribution is -2.40. The zero-order valence-corrected chi connectivity index (χ0v) is 7.09. The molecule has 0 spiro atoms. The van der Waals surface area contributed by atoms with Gasteiger partial charge in [-0.05, 0) is 11.6 Å². The van der Waals surface area contributed by atoms with Crippen molar-refractivity contribution >= 4 is 39.4 Å². The smallest absolute Gasteiger partial charge is 0.274 e. The summed E-state index contributed by atoms with van der Waals surface area (Å²) in [4.78, 5) is 9.64. The first kappa shape index (κ1) is 10.4. The third kappa shape index (κ3) is 1.94. The minimum Gasteiger partial charge on any atom is -0.274 e. The van der Waals surface area contributed by atoms with Gasteiger partial charge in [0.2, 0.25) is 0 Å². The van der Waals surface area contributed by atoms with E-state index in [0.29, 0.717) is 0 Å². The van der Waals surface area contributed by atoms with Crippen LogP contribution in [0.4, 0.5) is 17.6 Å². The normalized spacial score (nSPS) is 13.4. The van der Waals surface area contributed by atoms with Gasteiger partial charge in [0.05, 0.1) is 0 Å². The molecule has 0 bridgehead atoms. The van der Waals surface area contributed by atoms with Gasteiger partial charge < -0.3 is 0 Å². The highest BCUT2D eigenvalue weighted by molar-refractivity contribution is 14.1. The van der Waals surface area contributed by atoms with Crippen LogP contribution in [0.15, 0.2) is 0 Å². The van der Waals surface area contributed by atoms with Crippen LogP contribution in [-0.4, -0.2) is 15.1 Å². The number of hydrogen-bond donors (Lipinski definition) is 0. The van der Waals surface area contributed by atoms with Crippen LogP contribution in [0.1, 0.15) is 0 Å². The Morgan fingerprint density at radius 2 is 1.60 bits per heavy atom. The van der Waals surface area contributed by atoms with E-state index in [-0.39, 0.29) is 22.6 Å². The van der Waals surface area contributed by atoms with Gasteiger partial charge in [-0.25, -0.2) is 0 Å². The molecule has 60 valence electrons. The zero-order chi connectivity index (χ0) is 8.58. The highest BCUT2D eigenvalue weighted by Gasteiger charge is 2.59. The largest absolute Gasteiger partial charge is 0.391 e. The van der Waals surface area contributed by atoms with Gasteiger partial charge in [0.25, 0.3) is 5.24 Å². The molecule has 0 N–H and O–H groups in total. The fourth-order valence-corrected chi connectivity index (χ4v) is 0.634. The monoisotopic (exact) mass is 290 g/mol. The van der Waals surface area contributed by atoms with Gasteiger partial charge in [0.1, 0.15) is 0 Å². The van der Waals surface area contributed by atoms with Crippen molar-refractivity contribution < 1.29 is 22.4 Å². The van der Waals surface area contributed by atoms with Crippen molar-refractivity contribution in [3.05, 3.63) is 0 Å². The molecule has 0 aromatic carbocycles. The van der Waals surface area contributed by atoms with Crippen LogP contribution in [0, 0.1) is 0 Å². The van der Waals surface area contributed by atoms with Crippen LogP contribution in [0.25, 0.3) is 0 Å². The zero-order valence-electron chi connectivity index (χ0n) is 4.18. The second kappa shape index (κ2) is 2.80. The van der Waals surface area contributed by atoms with E-state index in [1.165, 1.54) is 0 Å². The summed E-state index contributed by atoms with van der Waals surface area (Å²) < 4.78 is 42.6. The summed E-state index contributed by atoms with van der Waals surface area (Å²) in [6.45, 7) is 0. The topological polar surface area (TPSA) is 17.1 Å². The summed E-state index contributed by atoms with van der Waals surface area (Å²) >= 11 is 4.33. The first-order valence-corrected chi connectivity index (χ1v) is 3.29. The lowest BCUT2D eigenvalue weighted by Gasteiger charge is -2.16. The molecule has 0 atom stereocenters. The molecule has 0 fully saturated rings. The molecule has 0 unspecified atom stereocenters. The molecule has 0 aliphatic carbocycles. The maximum atomic E-state index is 11.8. The molecule has 0 saturated carbocycles. The van der Waals surface area contributed by atoms with Crippen LogP contribution in [0.3, 0.4) is 0 Å². The predicted molar refractivity (Wildman–Crippen MR) is 34.8 cm³/mol. The van der Waals surface area contributed by atoms with E-state index in [4.69, 9.17) is 0 Å². The van der Waals surface area contributed by atoms with E-state index in [1.807, 2.05) is 0 Å². The highest BCUT2D eigenvalue weighted by Crippen LogP contribution is 2.41. The van der Waals surface area contributed by atoms with Gasteiger partial charge in [0, 0.05) is 22.6 Å². The minimum atomic E-state index is -4.78. The number of hydrogen-bond acceptors (Lipinski definition) is 1. The Balaban J connectivity index is 4.57. The second-order valence-electron chi connectivity index (χ2n) is 1.35. The lowest BCUT2D eigenvalue weighted by molar-refractivity contribution is -0.162. The Morgan fingerprint density at radius 1 is 1.30 bits per heavy atom. The fourth-order valence-electron chi connectivity index (χ4n) is 0.111. The van der Waals surface area contributed by atoms with Crippen molar-refractivity contribution in [3.8, 4) is 0 Å². The summed E-state index contributed by atoms with van der Waals surface area (Å²) in [6.07, 6.45) is 0. The van der Waals surface area contributed by atoms with E-state index in [2.05, 4.69) is 11.6 Å². The Kier molecular flexibility index (Phi) is 2.92. The summed E-state index contributed by atoms with van der Waals surface area (Å²) in [6, 6.07) is 0. The Morgan fingerprint density at radius 3 is 1.60 bits per heavy atom. The number of carbonyl (C=O) groups excluding carboxylic acids is 1. The molecule has 0 rings (SSSR count). The molecule has 1 nitrogen and oxygen atoms in total. The second-order valence-corrected chi connectivity index (χ2v) is 3.04. The summed E-state index contributed by atoms with van der Waals surface area (Å²) in [5.74, 6) is -4.78. The van der Waals surface area contributed by atoms with Crippen LogP contribution in [-0.2, 0) is 4.79 Å². The third-order valence-corrected chi connectivity index (χ3v) is 1.52. The first-order valence-electron chi connectivity index (χ1n) is 1.84. The predicted octanol–water partition coefficient (Wildman–Crippen LogP) is 2.41. The van der Waals surface area contributed by atoms with Gasteiger partial charge in [-0.3, -0.25) is 4.79 Å². The van der Waals surface area contributed by atoms with Gasteiger partial charge in [-0.15, -0.1) is 0 Å². The molecule has 0 heterocycles. The van der Waals surface area contributed by atoms with E-state index < -0.39 is 15.1 Å². The molecule has 0 amide bonds. The van der Waals surface area contributed by atoms with E-state index in [9.17, 15) is 22.4 Å². The fraction of sp³-hybridized carbons (Fsp3) is 0.667. The van der Waals surface area contributed by atoms with Gasteiger partial charge in [-0.1, -0.05) is 0 Å². The molecule has 0 aromatic heterocycles. The quantitative estimate of drug-likeness (QED) is 0.330. The molecular weight excluding hydrogens is 290 g/mol. The van der Waals surface area contributed by atoms with Gasteiger partial charge >= 0.3 is 9.85 Å². The Labute approximate surface area is 71.9 Å². The molecule has 0 aliphatic rings. The van der Waals surface area contributed by atoms with Crippen molar-refractivity contribution in [3.63, 3.8) is 0 Å². The number of alkyl halides is 5. The lowest BCUT2D eigenvalue weighted by atomic mass is 10.4. The van der Waals surface area contributed by atoms with Crippen LogP contribution in [0.5, 0.6) is 0 Å². The minimum absolute atomic E-state index is 0.146. The molecule has 7 heteroatoms. The molecule has 0 aliphatic heterocycles. The maximum absolute atomic E-state index is 11.8. The third-order valence-electron chi connectivity index (χ3n) is 0.603. The standard InChI is InChI=1S/C3ClF4IO/c4-1(10)2(5,6)3(7,8)9. The molecule has 0 saturated heterocycles. The van der Waals surface area contributed by atoms with Gasteiger partial charge in [-0.2, -0.15) is 17.6 Å². The average molecular weight is 290 g/mol. The molecule has 0 radical (unpaired) electrons. The summed E-state index contributed by atoms with van der Waals surface area (Å²) in [5.41, 5.74) is 0. The van der Waals surface area contributed by atoms with Crippen LogP contribution in [0.2, 0.25) is 0 Å². The van der Waals surface area contributed by atoms with Crippen molar-refractivity contribution in [2.75, 3.05) is 0 Å². The van der Waals surface area contributed by atoms with Crippen LogP contribution < -0.4 is 0 Å².